The van der Waals surface area contributed by atoms with Crippen LogP contribution in [0, 0.1) is 0 Å². The average molecular weight is 259 g/mol. The highest BCUT2D eigenvalue weighted by atomic mass is 19.4. The first-order chi connectivity index (χ1) is 8.48. The Morgan fingerprint density at radius 3 is 2.67 bits per heavy atom. The number of fused-ring (bicyclic) bond motifs is 1. The number of aromatic nitrogens is 2. The zero-order valence-corrected chi connectivity index (χ0v) is 9.55. The molecule has 1 aromatic heterocycles. The van der Waals surface area contributed by atoms with Crippen LogP contribution in [0.3, 0.4) is 0 Å². The van der Waals surface area contributed by atoms with E-state index in [1.54, 1.807) is 0 Å². The fraction of sp³-hybridized carbons (Fsp3) is 0.636. The minimum absolute atomic E-state index is 0.294. The molecule has 2 aliphatic rings. The van der Waals surface area contributed by atoms with E-state index in [0.29, 0.717) is 43.6 Å². The Bertz CT molecular complexity index is 546. The lowest BCUT2D eigenvalue weighted by atomic mass is 10.1. The Hall–Kier alpha value is -1.37. The van der Waals surface area contributed by atoms with Crippen LogP contribution in [-0.4, -0.2) is 16.1 Å². The quantitative estimate of drug-likeness (QED) is 0.825. The maximum atomic E-state index is 12.9. The lowest BCUT2D eigenvalue weighted by Gasteiger charge is -2.21. The molecule has 98 valence electrons. The van der Waals surface area contributed by atoms with Gasteiger partial charge in [-0.2, -0.15) is 13.2 Å². The van der Waals surface area contributed by atoms with Crippen molar-refractivity contribution in [3.05, 3.63) is 27.4 Å². The first kappa shape index (κ1) is 11.7. The minimum Gasteiger partial charge on any atom is -0.312 e. The van der Waals surface area contributed by atoms with Crippen molar-refractivity contribution in [1.82, 2.24) is 14.9 Å². The molecule has 0 amide bonds. The van der Waals surface area contributed by atoms with Gasteiger partial charge in [0.1, 0.15) is 0 Å². The van der Waals surface area contributed by atoms with Gasteiger partial charge in [0.05, 0.1) is 11.3 Å². The third-order valence-corrected chi connectivity index (χ3v) is 3.30. The van der Waals surface area contributed by atoms with Gasteiger partial charge in [-0.3, -0.25) is 9.36 Å². The summed E-state index contributed by atoms with van der Waals surface area (Å²) in [5.74, 6) is -1.03. The SMILES string of the molecule is O=c1c2c(nc(C(F)(F)F)n1C1CC1)CCNC2. The van der Waals surface area contributed by atoms with E-state index < -0.39 is 17.6 Å². The molecule has 0 bridgehead atoms. The predicted octanol–water partition coefficient (Wildman–Crippen LogP) is 1.24. The number of hydrogen-bond acceptors (Lipinski definition) is 3. The Morgan fingerprint density at radius 2 is 2.06 bits per heavy atom. The van der Waals surface area contributed by atoms with Gasteiger partial charge < -0.3 is 5.32 Å². The molecule has 1 aliphatic carbocycles. The van der Waals surface area contributed by atoms with Crippen LogP contribution in [-0.2, 0) is 19.1 Å². The molecule has 0 atom stereocenters. The maximum Gasteiger partial charge on any atom is 0.449 e. The van der Waals surface area contributed by atoms with Crippen LogP contribution in [0.4, 0.5) is 13.2 Å². The Labute approximate surface area is 101 Å². The molecule has 3 rings (SSSR count). The van der Waals surface area contributed by atoms with E-state index in [1.165, 1.54) is 0 Å². The largest absolute Gasteiger partial charge is 0.449 e. The molecule has 1 aromatic rings. The van der Waals surface area contributed by atoms with Gasteiger partial charge in [-0.25, -0.2) is 4.98 Å². The van der Waals surface area contributed by atoms with Crippen LogP contribution in [0.5, 0.6) is 0 Å². The lowest BCUT2D eigenvalue weighted by Crippen LogP contribution is -2.38. The van der Waals surface area contributed by atoms with Crippen molar-refractivity contribution in [3.8, 4) is 0 Å². The Morgan fingerprint density at radius 1 is 1.33 bits per heavy atom. The molecular weight excluding hydrogens is 247 g/mol. The second-order valence-electron chi connectivity index (χ2n) is 4.69. The molecule has 0 radical (unpaired) electrons. The van der Waals surface area contributed by atoms with E-state index >= 15 is 0 Å². The molecule has 2 heterocycles. The second-order valence-corrected chi connectivity index (χ2v) is 4.69. The van der Waals surface area contributed by atoms with Crippen molar-refractivity contribution < 1.29 is 13.2 Å². The lowest BCUT2D eigenvalue weighted by molar-refractivity contribution is -0.148. The van der Waals surface area contributed by atoms with E-state index in [1.807, 2.05) is 0 Å². The molecule has 0 aromatic carbocycles. The van der Waals surface area contributed by atoms with Crippen LogP contribution >= 0.6 is 0 Å². The third kappa shape index (κ3) is 1.82. The van der Waals surface area contributed by atoms with Crippen LogP contribution in [0.1, 0.15) is 36.0 Å². The summed E-state index contributed by atoms with van der Waals surface area (Å²) in [6, 6.07) is -0.325. The summed E-state index contributed by atoms with van der Waals surface area (Å²) in [5.41, 5.74) is 0.158. The first-order valence-corrected chi connectivity index (χ1v) is 5.90. The summed E-state index contributed by atoms with van der Waals surface area (Å²) in [6.45, 7) is 0.871. The standard InChI is InChI=1S/C11H12F3N3O/c12-11(13,14)10-16-8-3-4-15-5-7(8)9(18)17(10)6-1-2-6/h6,15H,1-5H2. The zero-order chi connectivity index (χ0) is 12.9. The predicted molar refractivity (Wildman–Crippen MR) is 57.2 cm³/mol. The monoisotopic (exact) mass is 259 g/mol. The molecule has 0 saturated heterocycles. The highest BCUT2D eigenvalue weighted by Gasteiger charge is 2.42. The van der Waals surface area contributed by atoms with Crippen molar-refractivity contribution in [2.75, 3.05) is 6.54 Å². The van der Waals surface area contributed by atoms with Gasteiger partial charge in [0.25, 0.3) is 5.56 Å². The second kappa shape index (κ2) is 3.81. The average Bonchev–Trinajstić information content (AvgIpc) is 3.12. The number of alkyl halides is 3. The zero-order valence-electron chi connectivity index (χ0n) is 9.55. The smallest absolute Gasteiger partial charge is 0.312 e. The molecule has 1 fully saturated rings. The molecule has 0 unspecified atom stereocenters. The molecule has 4 nitrogen and oxygen atoms in total. The van der Waals surface area contributed by atoms with Crippen molar-refractivity contribution >= 4 is 0 Å². The summed E-state index contributed by atoms with van der Waals surface area (Å²) >= 11 is 0. The van der Waals surface area contributed by atoms with Crippen molar-refractivity contribution in [2.24, 2.45) is 0 Å². The van der Waals surface area contributed by atoms with Crippen molar-refractivity contribution in [1.29, 1.82) is 0 Å². The highest BCUT2D eigenvalue weighted by Crippen LogP contribution is 2.38. The summed E-state index contributed by atoms with van der Waals surface area (Å²) in [6.07, 6.45) is -2.95. The molecule has 1 N–H and O–H groups in total. The summed E-state index contributed by atoms with van der Waals surface area (Å²) in [7, 11) is 0. The molecule has 18 heavy (non-hydrogen) atoms. The van der Waals surface area contributed by atoms with Gasteiger partial charge in [-0.05, 0) is 12.8 Å². The summed E-state index contributed by atoms with van der Waals surface area (Å²) < 4.78 is 39.7. The Kier molecular flexibility index (Phi) is 2.48. The molecule has 0 spiro atoms. The van der Waals surface area contributed by atoms with Crippen LogP contribution in [0.15, 0.2) is 4.79 Å². The molecule has 7 heteroatoms. The van der Waals surface area contributed by atoms with E-state index in [2.05, 4.69) is 10.3 Å². The minimum atomic E-state index is -4.57. The van der Waals surface area contributed by atoms with Gasteiger partial charge >= 0.3 is 6.18 Å². The van der Waals surface area contributed by atoms with Crippen molar-refractivity contribution in [3.63, 3.8) is 0 Å². The van der Waals surface area contributed by atoms with Gasteiger partial charge in [0.2, 0.25) is 5.82 Å². The van der Waals surface area contributed by atoms with Gasteiger partial charge in [0.15, 0.2) is 0 Å². The fourth-order valence-electron chi connectivity index (χ4n) is 2.29. The Balaban J connectivity index is 2.24. The number of halogens is 3. The highest BCUT2D eigenvalue weighted by molar-refractivity contribution is 5.23. The van der Waals surface area contributed by atoms with Crippen LogP contribution < -0.4 is 10.9 Å². The molecule has 1 aliphatic heterocycles. The number of rotatable bonds is 1. The number of hydrogen-bond donors (Lipinski definition) is 1. The van der Waals surface area contributed by atoms with E-state index in [-0.39, 0.29) is 6.04 Å². The topological polar surface area (TPSA) is 46.9 Å². The fourth-order valence-corrected chi connectivity index (χ4v) is 2.29. The van der Waals surface area contributed by atoms with E-state index in [9.17, 15) is 18.0 Å². The van der Waals surface area contributed by atoms with Gasteiger partial charge in [0, 0.05) is 25.6 Å². The number of nitrogens with one attached hydrogen (secondary N) is 1. The maximum absolute atomic E-state index is 12.9. The van der Waals surface area contributed by atoms with Crippen LogP contribution in [0.2, 0.25) is 0 Å². The summed E-state index contributed by atoms with van der Waals surface area (Å²) in [4.78, 5) is 15.9. The number of nitrogens with zero attached hydrogens (tertiary/aromatic N) is 2. The normalized spacial score (nSPS) is 19.7. The third-order valence-electron chi connectivity index (χ3n) is 3.30. The summed E-state index contributed by atoms with van der Waals surface area (Å²) in [5, 5.41) is 2.99. The van der Waals surface area contributed by atoms with Gasteiger partial charge in [-0.1, -0.05) is 0 Å². The molecular formula is C11H12F3N3O. The van der Waals surface area contributed by atoms with Gasteiger partial charge in [-0.15, -0.1) is 0 Å². The van der Waals surface area contributed by atoms with Crippen LogP contribution in [0.25, 0.3) is 0 Å². The van der Waals surface area contributed by atoms with E-state index in [4.69, 9.17) is 0 Å². The molecule has 1 saturated carbocycles. The first-order valence-electron chi connectivity index (χ1n) is 5.90. The van der Waals surface area contributed by atoms with Crippen molar-refractivity contribution in [2.45, 2.75) is 38.0 Å². The van der Waals surface area contributed by atoms with E-state index in [0.717, 1.165) is 4.57 Å².